The van der Waals surface area contributed by atoms with Crippen molar-refractivity contribution in [1.29, 1.82) is 0 Å². The third-order valence-electron chi connectivity index (χ3n) is 5.45. The lowest BCUT2D eigenvalue weighted by atomic mass is 10.0. The van der Waals surface area contributed by atoms with Crippen LogP contribution in [0, 0.1) is 0 Å². The highest BCUT2D eigenvalue weighted by Gasteiger charge is 2.12. The molecule has 166 valence electrons. The molecule has 0 spiro atoms. The molecule has 0 fully saturated rings. The number of carboxylic acid groups (broad SMARTS) is 1. The molecule has 0 heterocycles. The van der Waals surface area contributed by atoms with Gasteiger partial charge in [0.25, 0.3) is 0 Å². The molecular weight excluding hydrogens is 364 g/mol. The zero-order valence-corrected chi connectivity index (χ0v) is 18.4. The molecule has 0 aliphatic heterocycles. The maximum Gasteiger partial charge on any atom is 0.303 e. The Kier molecular flexibility index (Phi) is 15.4. The van der Waals surface area contributed by atoms with E-state index in [-0.39, 0.29) is 18.6 Å². The quantitative estimate of drug-likeness (QED) is 0.257. The molecule has 0 saturated heterocycles. The van der Waals surface area contributed by atoms with Crippen molar-refractivity contribution in [3.05, 3.63) is 35.9 Å². The van der Waals surface area contributed by atoms with Gasteiger partial charge in [-0.1, -0.05) is 82.2 Å². The molecule has 1 aromatic carbocycles. The van der Waals surface area contributed by atoms with Gasteiger partial charge in [-0.05, 0) is 44.1 Å². The number of carbonyl (C=O) groups is 1. The minimum atomic E-state index is -0.732. The van der Waals surface area contributed by atoms with Crippen LogP contribution >= 0.6 is 0 Å². The summed E-state index contributed by atoms with van der Waals surface area (Å²) in [6.45, 7) is 2.82. The maximum atomic E-state index is 10.7. The molecule has 2 N–H and O–H groups in total. The fourth-order valence-corrected chi connectivity index (χ4v) is 3.63. The summed E-state index contributed by atoms with van der Waals surface area (Å²) < 4.78 is 6.12. The number of unbranched alkanes of at least 4 members (excludes halogenated alkanes) is 6. The van der Waals surface area contributed by atoms with Crippen LogP contribution in [0.2, 0.25) is 0 Å². The van der Waals surface area contributed by atoms with E-state index in [1.165, 1.54) is 32.1 Å². The molecule has 29 heavy (non-hydrogen) atoms. The standard InChI is InChI=1S/C25H42O4/c1-2-3-4-5-6-10-16-23(26)17-13-19-24(18-11-12-20-25(27)28)29-21-22-14-8-7-9-15-22/h7-9,14-15,23-24,26H,2-6,10-13,16-21H2,1H3,(H,27,28). The highest BCUT2D eigenvalue weighted by Crippen LogP contribution is 2.18. The van der Waals surface area contributed by atoms with Crippen LogP contribution in [-0.2, 0) is 16.1 Å². The summed E-state index contributed by atoms with van der Waals surface area (Å²) in [4.78, 5) is 10.7. The summed E-state index contributed by atoms with van der Waals surface area (Å²) in [5.41, 5.74) is 1.16. The lowest BCUT2D eigenvalue weighted by Gasteiger charge is -2.19. The van der Waals surface area contributed by atoms with Crippen LogP contribution in [0.15, 0.2) is 30.3 Å². The van der Waals surface area contributed by atoms with E-state index >= 15 is 0 Å². The number of hydrogen-bond acceptors (Lipinski definition) is 3. The molecule has 1 rings (SSSR count). The first-order chi connectivity index (χ1) is 14.1. The molecule has 0 aliphatic carbocycles. The molecule has 0 saturated carbocycles. The Morgan fingerprint density at radius 2 is 1.48 bits per heavy atom. The Morgan fingerprint density at radius 1 is 0.862 bits per heavy atom. The first kappa shape index (κ1) is 25.6. The summed E-state index contributed by atoms with van der Waals surface area (Å²) in [6, 6.07) is 10.1. The van der Waals surface area contributed by atoms with Crippen LogP contribution in [0.1, 0.15) is 102 Å². The van der Waals surface area contributed by atoms with Gasteiger partial charge in [0.15, 0.2) is 0 Å². The van der Waals surface area contributed by atoms with Crippen LogP contribution in [-0.4, -0.2) is 28.4 Å². The highest BCUT2D eigenvalue weighted by molar-refractivity contribution is 5.66. The molecule has 0 bridgehead atoms. The van der Waals surface area contributed by atoms with Crippen molar-refractivity contribution in [2.45, 2.75) is 116 Å². The number of ether oxygens (including phenoxy) is 1. The van der Waals surface area contributed by atoms with E-state index in [1.807, 2.05) is 18.2 Å². The summed E-state index contributed by atoms with van der Waals surface area (Å²) in [7, 11) is 0. The second-order valence-corrected chi connectivity index (χ2v) is 8.20. The average molecular weight is 407 g/mol. The molecule has 2 unspecified atom stereocenters. The van der Waals surface area contributed by atoms with Crippen molar-refractivity contribution in [3.8, 4) is 0 Å². The summed E-state index contributed by atoms with van der Waals surface area (Å²) in [5, 5.41) is 19.0. The number of carboxylic acids is 1. The van der Waals surface area contributed by atoms with Crippen molar-refractivity contribution < 1.29 is 19.7 Å². The molecule has 1 aromatic rings. The normalized spacial score (nSPS) is 13.3. The van der Waals surface area contributed by atoms with Gasteiger partial charge in [-0.15, -0.1) is 0 Å². The van der Waals surface area contributed by atoms with Crippen molar-refractivity contribution >= 4 is 5.97 Å². The number of aliphatic carboxylic acids is 1. The molecule has 4 heteroatoms. The van der Waals surface area contributed by atoms with E-state index in [1.54, 1.807) is 0 Å². The molecule has 0 radical (unpaired) electrons. The Hall–Kier alpha value is -1.39. The fourth-order valence-electron chi connectivity index (χ4n) is 3.63. The van der Waals surface area contributed by atoms with Crippen molar-refractivity contribution in [1.82, 2.24) is 0 Å². The SMILES string of the molecule is CCCCCCCCC(O)CCCC(CCCCC(=O)O)OCc1ccccc1. The average Bonchev–Trinajstić information content (AvgIpc) is 2.72. The highest BCUT2D eigenvalue weighted by atomic mass is 16.5. The van der Waals surface area contributed by atoms with Crippen LogP contribution in [0.5, 0.6) is 0 Å². The predicted molar refractivity (Wildman–Crippen MR) is 119 cm³/mol. The van der Waals surface area contributed by atoms with Gasteiger partial charge in [0.05, 0.1) is 18.8 Å². The Morgan fingerprint density at radius 3 is 2.21 bits per heavy atom. The van der Waals surface area contributed by atoms with Crippen molar-refractivity contribution in [2.24, 2.45) is 0 Å². The van der Waals surface area contributed by atoms with Crippen LogP contribution in [0.4, 0.5) is 0 Å². The van der Waals surface area contributed by atoms with Gasteiger partial charge in [0.1, 0.15) is 0 Å². The molecule has 2 atom stereocenters. The zero-order chi connectivity index (χ0) is 21.2. The predicted octanol–water partition coefficient (Wildman–Crippen LogP) is 6.50. The number of rotatable bonds is 19. The van der Waals surface area contributed by atoms with Gasteiger partial charge in [-0.3, -0.25) is 4.79 Å². The van der Waals surface area contributed by atoms with Crippen LogP contribution in [0.25, 0.3) is 0 Å². The number of aliphatic hydroxyl groups is 1. The van der Waals surface area contributed by atoms with E-state index in [0.717, 1.165) is 50.5 Å². The zero-order valence-electron chi connectivity index (χ0n) is 18.4. The lowest BCUT2D eigenvalue weighted by Crippen LogP contribution is -2.15. The molecule has 0 aromatic heterocycles. The number of hydrogen-bond donors (Lipinski definition) is 2. The van der Waals surface area contributed by atoms with Gasteiger partial charge < -0.3 is 14.9 Å². The molecule has 4 nitrogen and oxygen atoms in total. The monoisotopic (exact) mass is 406 g/mol. The van der Waals surface area contributed by atoms with Crippen molar-refractivity contribution in [3.63, 3.8) is 0 Å². The van der Waals surface area contributed by atoms with Gasteiger partial charge in [0, 0.05) is 6.42 Å². The minimum absolute atomic E-state index is 0.130. The lowest BCUT2D eigenvalue weighted by molar-refractivity contribution is -0.137. The molecule has 0 aliphatic rings. The fraction of sp³-hybridized carbons (Fsp3) is 0.720. The second kappa shape index (κ2) is 17.5. The maximum absolute atomic E-state index is 10.7. The van der Waals surface area contributed by atoms with E-state index < -0.39 is 5.97 Å². The smallest absolute Gasteiger partial charge is 0.303 e. The van der Waals surface area contributed by atoms with E-state index in [4.69, 9.17) is 9.84 Å². The first-order valence-electron chi connectivity index (χ1n) is 11.7. The largest absolute Gasteiger partial charge is 0.481 e. The third-order valence-corrected chi connectivity index (χ3v) is 5.45. The summed E-state index contributed by atoms with van der Waals surface area (Å²) >= 11 is 0. The van der Waals surface area contributed by atoms with Crippen LogP contribution in [0.3, 0.4) is 0 Å². The summed E-state index contributed by atoms with van der Waals surface area (Å²) in [5.74, 6) is -0.732. The Balaban J connectivity index is 2.25. The van der Waals surface area contributed by atoms with E-state index in [0.29, 0.717) is 13.0 Å². The summed E-state index contributed by atoms with van der Waals surface area (Å²) in [6.07, 6.45) is 13.7. The molecule has 0 amide bonds. The molecular formula is C25H42O4. The third kappa shape index (κ3) is 15.2. The van der Waals surface area contributed by atoms with Gasteiger partial charge in [0.2, 0.25) is 0 Å². The Bertz CT molecular complexity index is 503. The number of aliphatic hydroxyl groups excluding tert-OH is 1. The van der Waals surface area contributed by atoms with E-state index in [2.05, 4.69) is 19.1 Å². The number of benzene rings is 1. The van der Waals surface area contributed by atoms with Crippen LogP contribution < -0.4 is 0 Å². The van der Waals surface area contributed by atoms with Gasteiger partial charge in [-0.25, -0.2) is 0 Å². The topological polar surface area (TPSA) is 66.8 Å². The second-order valence-electron chi connectivity index (χ2n) is 8.20. The first-order valence-corrected chi connectivity index (χ1v) is 11.7. The van der Waals surface area contributed by atoms with Gasteiger partial charge >= 0.3 is 5.97 Å². The Labute approximate surface area is 177 Å². The van der Waals surface area contributed by atoms with Crippen molar-refractivity contribution in [2.75, 3.05) is 0 Å². The minimum Gasteiger partial charge on any atom is -0.481 e. The van der Waals surface area contributed by atoms with Gasteiger partial charge in [-0.2, -0.15) is 0 Å². The van der Waals surface area contributed by atoms with E-state index in [9.17, 15) is 9.90 Å².